The van der Waals surface area contributed by atoms with Crippen molar-refractivity contribution in [1.82, 2.24) is 9.47 Å². The molecular weight excluding hydrogens is 308 g/mol. The molecular formula is C22H28N2O. The molecule has 0 bridgehead atoms. The van der Waals surface area contributed by atoms with Gasteiger partial charge in [-0.25, -0.2) is 0 Å². The van der Waals surface area contributed by atoms with Gasteiger partial charge in [0.1, 0.15) is 0 Å². The summed E-state index contributed by atoms with van der Waals surface area (Å²) >= 11 is 0. The summed E-state index contributed by atoms with van der Waals surface area (Å²) in [6.07, 6.45) is 10.4. The molecule has 2 heterocycles. The molecule has 132 valence electrons. The number of amides is 1. The summed E-state index contributed by atoms with van der Waals surface area (Å²) in [6.45, 7) is 3.54. The van der Waals surface area contributed by atoms with Crippen LogP contribution in [0.5, 0.6) is 0 Å². The number of fused-ring (bicyclic) bond motifs is 3. The highest BCUT2D eigenvalue weighted by atomic mass is 16.2. The average Bonchev–Trinajstić information content (AvgIpc) is 2.98. The zero-order valence-electron chi connectivity index (χ0n) is 15.3. The fourth-order valence-electron chi connectivity index (χ4n) is 5.69. The average molecular weight is 336 g/mol. The lowest BCUT2D eigenvalue weighted by Crippen LogP contribution is -2.42. The zero-order valence-corrected chi connectivity index (χ0v) is 15.3. The number of benzene rings is 1. The first-order valence-corrected chi connectivity index (χ1v) is 10.2. The van der Waals surface area contributed by atoms with Crippen LogP contribution in [0.4, 0.5) is 0 Å². The van der Waals surface area contributed by atoms with E-state index in [1.54, 1.807) is 12.5 Å². The highest BCUT2D eigenvalue weighted by Gasteiger charge is 2.36. The number of aromatic nitrogens is 1. The third kappa shape index (κ3) is 2.35. The number of rotatable bonds is 1. The van der Waals surface area contributed by atoms with E-state index in [0.717, 1.165) is 25.4 Å². The smallest absolute Gasteiger partial charge is 0.220 e. The molecule has 1 saturated carbocycles. The highest BCUT2D eigenvalue weighted by molar-refractivity contribution is 5.87. The Labute approximate surface area is 150 Å². The van der Waals surface area contributed by atoms with Crippen LogP contribution < -0.4 is 0 Å². The van der Waals surface area contributed by atoms with Crippen LogP contribution in [0, 0.1) is 0 Å². The maximum atomic E-state index is 12.1. The fraction of sp³-hybridized carbons (Fsp3) is 0.591. The molecule has 3 aliphatic rings. The van der Waals surface area contributed by atoms with Crippen LogP contribution >= 0.6 is 0 Å². The third-order valence-corrected chi connectivity index (χ3v) is 6.88. The van der Waals surface area contributed by atoms with Crippen molar-refractivity contribution in [2.24, 2.45) is 0 Å². The monoisotopic (exact) mass is 336 g/mol. The molecule has 5 rings (SSSR count). The van der Waals surface area contributed by atoms with Crippen LogP contribution in [-0.2, 0) is 17.8 Å². The molecule has 25 heavy (non-hydrogen) atoms. The molecule has 0 saturated heterocycles. The minimum Gasteiger partial charge on any atom is -0.341 e. The molecule has 1 aromatic heterocycles. The molecule has 1 aromatic carbocycles. The Bertz CT molecular complexity index is 828. The van der Waals surface area contributed by atoms with Gasteiger partial charge in [0.25, 0.3) is 0 Å². The van der Waals surface area contributed by atoms with Gasteiger partial charge in [-0.2, -0.15) is 0 Å². The second-order valence-corrected chi connectivity index (χ2v) is 8.25. The van der Waals surface area contributed by atoms with Gasteiger partial charge in [-0.1, -0.05) is 25.3 Å². The van der Waals surface area contributed by atoms with Crippen molar-refractivity contribution < 1.29 is 4.79 Å². The van der Waals surface area contributed by atoms with Crippen LogP contribution in [0.15, 0.2) is 18.2 Å². The minimum absolute atomic E-state index is 0.234. The molecule has 3 nitrogen and oxygen atoms in total. The fourth-order valence-corrected chi connectivity index (χ4v) is 5.69. The van der Waals surface area contributed by atoms with E-state index in [9.17, 15) is 4.79 Å². The Kier molecular flexibility index (Phi) is 3.65. The number of hydrogen-bond donors (Lipinski definition) is 0. The third-order valence-electron chi connectivity index (χ3n) is 6.88. The normalized spacial score (nSPS) is 23.7. The first-order valence-electron chi connectivity index (χ1n) is 10.2. The predicted octanol–water partition coefficient (Wildman–Crippen LogP) is 4.93. The van der Waals surface area contributed by atoms with E-state index in [0.29, 0.717) is 6.04 Å². The summed E-state index contributed by atoms with van der Waals surface area (Å²) in [4.78, 5) is 14.2. The summed E-state index contributed by atoms with van der Waals surface area (Å²) in [5.41, 5.74) is 5.94. The lowest BCUT2D eigenvalue weighted by molar-refractivity contribution is -0.132. The molecule has 2 aromatic rings. The van der Waals surface area contributed by atoms with Gasteiger partial charge in [0.15, 0.2) is 0 Å². The maximum absolute atomic E-state index is 12.1. The van der Waals surface area contributed by atoms with Crippen LogP contribution in [0.2, 0.25) is 0 Å². The molecule has 0 unspecified atom stereocenters. The topological polar surface area (TPSA) is 25.2 Å². The Morgan fingerprint density at radius 2 is 1.88 bits per heavy atom. The molecule has 0 spiro atoms. The molecule has 1 fully saturated rings. The predicted molar refractivity (Wildman–Crippen MR) is 101 cm³/mol. The summed E-state index contributed by atoms with van der Waals surface area (Å²) < 4.78 is 2.53. The van der Waals surface area contributed by atoms with Crippen LogP contribution in [0.3, 0.4) is 0 Å². The molecule has 3 heteroatoms. The maximum Gasteiger partial charge on any atom is 0.220 e. The van der Waals surface area contributed by atoms with Gasteiger partial charge in [-0.3, -0.25) is 4.79 Å². The SMILES string of the molecule is CC(=O)N1CCn2c3c(c4cc(C5CCCCC5)ccc42)CCC[C@@H]31. The van der Waals surface area contributed by atoms with E-state index >= 15 is 0 Å². The number of carbonyl (C=O) groups is 1. The Morgan fingerprint density at radius 1 is 1.04 bits per heavy atom. The highest BCUT2D eigenvalue weighted by Crippen LogP contribution is 2.44. The lowest BCUT2D eigenvalue weighted by atomic mass is 9.83. The molecule has 1 atom stereocenters. The van der Waals surface area contributed by atoms with Gasteiger partial charge in [0, 0.05) is 36.6 Å². The standard InChI is InChI=1S/C22H28N2O/c1-15(25)23-12-13-24-20-11-10-17(16-6-3-2-4-7-16)14-19(20)18-8-5-9-21(23)22(18)24/h10-11,14,16,21H,2-9,12-13H2,1H3/t21-/m0/s1. The van der Waals surface area contributed by atoms with Gasteiger partial charge in [0.2, 0.25) is 5.91 Å². The number of hydrogen-bond acceptors (Lipinski definition) is 1. The van der Waals surface area contributed by atoms with Gasteiger partial charge in [-0.05, 0) is 61.3 Å². The van der Waals surface area contributed by atoms with Crippen molar-refractivity contribution in [3.05, 3.63) is 35.0 Å². The summed E-state index contributed by atoms with van der Waals surface area (Å²) in [5.74, 6) is 0.993. The second-order valence-electron chi connectivity index (χ2n) is 8.25. The van der Waals surface area contributed by atoms with Gasteiger partial charge < -0.3 is 9.47 Å². The number of nitrogens with zero attached hydrogens (tertiary/aromatic N) is 2. The van der Waals surface area contributed by atoms with E-state index in [2.05, 4.69) is 27.7 Å². The number of aryl methyl sites for hydroxylation is 1. The first-order chi connectivity index (χ1) is 12.2. The van der Waals surface area contributed by atoms with Crippen molar-refractivity contribution in [2.75, 3.05) is 6.54 Å². The van der Waals surface area contributed by atoms with Crippen molar-refractivity contribution in [3.8, 4) is 0 Å². The molecule has 0 N–H and O–H groups in total. The van der Waals surface area contributed by atoms with Gasteiger partial charge in [0.05, 0.1) is 6.04 Å². The molecule has 2 aliphatic carbocycles. The lowest BCUT2D eigenvalue weighted by Gasteiger charge is -2.39. The zero-order chi connectivity index (χ0) is 17.0. The van der Waals surface area contributed by atoms with E-state index in [-0.39, 0.29) is 5.91 Å². The summed E-state index contributed by atoms with van der Waals surface area (Å²) in [5, 5.41) is 1.48. The van der Waals surface area contributed by atoms with Crippen LogP contribution in [0.1, 0.15) is 80.7 Å². The van der Waals surface area contributed by atoms with Crippen molar-refractivity contribution in [1.29, 1.82) is 0 Å². The Hall–Kier alpha value is -1.77. The molecule has 0 radical (unpaired) electrons. The van der Waals surface area contributed by atoms with Crippen LogP contribution in [-0.4, -0.2) is 21.9 Å². The Balaban J connectivity index is 1.64. The first kappa shape index (κ1) is 15.5. The largest absolute Gasteiger partial charge is 0.341 e. The van der Waals surface area contributed by atoms with Gasteiger partial charge in [-0.15, -0.1) is 0 Å². The van der Waals surface area contributed by atoms with Gasteiger partial charge >= 0.3 is 0 Å². The van der Waals surface area contributed by atoms with Crippen LogP contribution in [0.25, 0.3) is 10.9 Å². The number of carbonyl (C=O) groups excluding carboxylic acids is 1. The van der Waals surface area contributed by atoms with E-state index in [1.165, 1.54) is 67.1 Å². The summed E-state index contributed by atoms with van der Waals surface area (Å²) in [7, 11) is 0. The Morgan fingerprint density at radius 3 is 2.68 bits per heavy atom. The quantitative estimate of drug-likeness (QED) is 0.725. The van der Waals surface area contributed by atoms with Crippen molar-refractivity contribution in [3.63, 3.8) is 0 Å². The summed E-state index contributed by atoms with van der Waals surface area (Å²) in [6, 6.07) is 7.57. The minimum atomic E-state index is 0.234. The van der Waals surface area contributed by atoms with E-state index in [1.807, 2.05) is 0 Å². The van der Waals surface area contributed by atoms with Crippen molar-refractivity contribution in [2.45, 2.75) is 76.8 Å². The van der Waals surface area contributed by atoms with Crippen molar-refractivity contribution >= 4 is 16.8 Å². The van der Waals surface area contributed by atoms with E-state index < -0.39 is 0 Å². The molecule has 1 amide bonds. The second kappa shape index (κ2) is 5.89. The molecule has 1 aliphatic heterocycles. The van der Waals surface area contributed by atoms with E-state index in [4.69, 9.17) is 0 Å².